The first kappa shape index (κ1) is 11.6. The highest BCUT2D eigenvalue weighted by Crippen LogP contribution is 2.18. The molecular weight excluding hydrogens is 218 g/mol. The minimum atomic E-state index is -0.390. The molecule has 2 rings (SSSR count). The van der Waals surface area contributed by atoms with E-state index in [4.69, 9.17) is 4.74 Å². The van der Waals surface area contributed by atoms with Crippen molar-refractivity contribution in [2.45, 2.75) is 26.2 Å². The average Bonchev–Trinajstić information content (AvgIpc) is 2.75. The van der Waals surface area contributed by atoms with Gasteiger partial charge in [-0.1, -0.05) is 13.0 Å². The molecule has 0 bridgehead atoms. The van der Waals surface area contributed by atoms with Crippen molar-refractivity contribution < 1.29 is 9.53 Å². The SMILES string of the molecule is CCC(C(=O)OC)c1nc2cccc(C)n2n1. The third-order valence-corrected chi connectivity index (χ3v) is 2.77. The van der Waals surface area contributed by atoms with Crippen LogP contribution in [0.3, 0.4) is 0 Å². The molecule has 0 aliphatic heterocycles. The third kappa shape index (κ3) is 2.00. The van der Waals surface area contributed by atoms with Crippen LogP contribution >= 0.6 is 0 Å². The second-order valence-electron chi connectivity index (χ2n) is 3.89. The summed E-state index contributed by atoms with van der Waals surface area (Å²) in [7, 11) is 1.38. The Morgan fingerprint density at radius 3 is 2.88 bits per heavy atom. The average molecular weight is 233 g/mol. The number of carbonyl (C=O) groups excluding carboxylic acids is 1. The summed E-state index contributed by atoms with van der Waals surface area (Å²) in [6, 6.07) is 5.74. The Balaban J connectivity index is 2.48. The highest BCUT2D eigenvalue weighted by Gasteiger charge is 2.24. The monoisotopic (exact) mass is 233 g/mol. The lowest BCUT2D eigenvalue weighted by molar-refractivity contribution is -0.142. The van der Waals surface area contributed by atoms with Gasteiger partial charge in [-0.15, -0.1) is 0 Å². The van der Waals surface area contributed by atoms with E-state index in [-0.39, 0.29) is 11.9 Å². The van der Waals surface area contributed by atoms with Gasteiger partial charge in [0.2, 0.25) is 0 Å². The Bertz CT molecular complexity index is 548. The number of nitrogens with zero attached hydrogens (tertiary/aromatic N) is 3. The molecule has 2 heterocycles. The van der Waals surface area contributed by atoms with Gasteiger partial charge >= 0.3 is 5.97 Å². The van der Waals surface area contributed by atoms with Gasteiger partial charge in [0.25, 0.3) is 0 Å². The summed E-state index contributed by atoms with van der Waals surface area (Å²) in [4.78, 5) is 16.0. The standard InChI is InChI=1S/C12H15N3O2/c1-4-9(12(16)17-3)11-13-10-7-5-6-8(2)15(10)14-11/h5-7,9H,4H2,1-3H3. The van der Waals surface area contributed by atoms with Crippen LogP contribution in [0.15, 0.2) is 18.2 Å². The van der Waals surface area contributed by atoms with E-state index < -0.39 is 0 Å². The zero-order valence-corrected chi connectivity index (χ0v) is 10.2. The molecule has 0 fully saturated rings. The number of rotatable bonds is 3. The highest BCUT2D eigenvalue weighted by atomic mass is 16.5. The number of hydrogen-bond donors (Lipinski definition) is 0. The molecule has 1 atom stereocenters. The maximum atomic E-state index is 11.6. The van der Waals surface area contributed by atoms with E-state index in [0.29, 0.717) is 12.2 Å². The first-order valence-electron chi connectivity index (χ1n) is 5.57. The number of hydrogen-bond acceptors (Lipinski definition) is 4. The molecule has 17 heavy (non-hydrogen) atoms. The lowest BCUT2D eigenvalue weighted by Gasteiger charge is -2.07. The van der Waals surface area contributed by atoms with Gasteiger partial charge in [-0.2, -0.15) is 5.10 Å². The Hall–Kier alpha value is -1.91. The molecule has 0 saturated carbocycles. The summed E-state index contributed by atoms with van der Waals surface area (Å²) in [5, 5.41) is 4.36. The maximum absolute atomic E-state index is 11.6. The van der Waals surface area contributed by atoms with E-state index in [9.17, 15) is 4.79 Å². The van der Waals surface area contributed by atoms with Crippen LogP contribution in [0.4, 0.5) is 0 Å². The fourth-order valence-electron chi connectivity index (χ4n) is 1.80. The second kappa shape index (κ2) is 4.53. The van der Waals surface area contributed by atoms with E-state index >= 15 is 0 Å². The zero-order valence-electron chi connectivity index (χ0n) is 10.2. The van der Waals surface area contributed by atoms with Crippen molar-refractivity contribution in [3.8, 4) is 0 Å². The minimum Gasteiger partial charge on any atom is -0.468 e. The van der Waals surface area contributed by atoms with Crippen molar-refractivity contribution in [3.63, 3.8) is 0 Å². The van der Waals surface area contributed by atoms with Crippen LogP contribution in [0.2, 0.25) is 0 Å². The maximum Gasteiger partial charge on any atom is 0.316 e. The predicted molar refractivity (Wildman–Crippen MR) is 62.8 cm³/mol. The number of carbonyl (C=O) groups is 1. The van der Waals surface area contributed by atoms with Gasteiger partial charge in [0, 0.05) is 5.69 Å². The van der Waals surface area contributed by atoms with Crippen molar-refractivity contribution >= 4 is 11.6 Å². The molecule has 0 spiro atoms. The number of aromatic nitrogens is 3. The molecule has 5 heteroatoms. The van der Waals surface area contributed by atoms with Crippen molar-refractivity contribution in [3.05, 3.63) is 29.7 Å². The van der Waals surface area contributed by atoms with Crippen molar-refractivity contribution in [2.24, 2.45) is 0 Å². The summed E-state index contributed by atoms with van der Waals surface area (Å²) in [6.45, 7) is 3.87. The molecule has 0 radical (unpaired) electrons. The Kier molecular flexibility index (Phi) is 3.08. The first-order chi connectivity index (χ1) is 8.17. The fraction of sp³-hybridized carbons (Fsp3) is 0.417. The second-order valence-corrected chi connectivity index (χ2v) is 3.89. The molecule has 90 valence electrons. The molecule has 0 saturated heterocycles. The van der Waals surface area contributed by atoms with Gasteiger partial charge in [0.05, 0.1) is 7.11 Å². The van der Waals surface area contributed by atoms with Crippen LogP contribution in [0.1, 0.15) is 30.8 Å². The minimum absolute atomic E-state index is 0.291. The topological polar surface area (TPSA) is 56.5 Å². The summed E-state index contributed by atoms with van der Waals surface area (Å²) >= 11 is 0. The van der Waals surface area contributed by atoms with E-state index in [1.807, 2.05) is 32.0 Å². The van der Waals surface area contributed by atoms with Crippen molar-refractivity contribution in [2.75, 3.05) is 7.11 Å². The number of methoxy groups -OCH3 is 1. The third-order valence-electron chi connectivity index (χ3n) is 2.77. The van der Waals surface area contributed by atoms with E-state index in [1.165, 1.54) is 7.11 Å². The van der Waals surface area contributed by atoms with Gasteiger partial charge in [0.1, 0.15) is 5.92 Å². The van der Waals surface area contributed by atoms with Gasteiger partial charge in [-0.05, 0) is 25.5 Å². The van der Waals surface area contributed by atoms with Crippen LogP contribution in [-0.2, 0) is 9.53 Å². The molecule has 2 aromatic heterocycles. The molecule has 0 N–H and O–H groups in total. The fourth-order valence-corrected chi connectivity index (χ4v) is 1.80. The molecule has 2 aromatic rings. The van der Waals surface area contributed by atoms with Gasteiger partial charge in [-0.25, -0.2) is 9.50 Å². The smallest absolute Gasteiger partial charge is 0.316 e. The number of esters is 1. The van der Waals surface area contributed by atoms with Gasteiger partial charge in [0.15, 0.2) is 11.5 Å². The van der Waals surface area contributed by atoms with Crippen molar-refractivity contribution in [1.29, 1.82) is 0 Å². The lowest BCUT2D eigenvalue weighted by atomic mass is 10.1. The molecule has 0 aromatic carbocycles. The summed E-state index contributed by atoms with van der Waals surface area (Å²) in [5.74, 6) is -0.158. The summed E-state index contributed by atoms with van der Waals surface area (Å²) in [5.41, 5.74) is 1.74. The first-order valence-corrected chi connectivity index (χ1v) is 5.57. The molecule has 0 aliphatic rings. The summed E-state index contributed by atoms with van der Waals surface area (Å²) < 4.78 is 6.49. The van der Waals surface area contributed by atoms with Crippen LogP contribution in [0, 0.1) is 6.92 Å². The van der Waals surface area contributed by atoms with E-state index in [0.717, 1.165) is 11.3 Å². The van der Waals surface area contributed by atoms with Gasteiger partial charge in [-0.3, -0.25) is 4.79 Å². The lowest BCUT2D eigenvalue weighted by Crippen LogP contribution is -2.15. The van der Waals surface area contributed by atoms with Gasteiger partial charge < -0.3 is 4.74 Å². The molecular formula is C12H15N3O2. The largest absolute Gasteiger partial charge is 0.468 e. The Labute approximate surface area is 99.4 Å². The Morgan fingerprint density at radius 1 is 1.53 bits per heavy atom. The van der Waals surface area contributed by atoms with E-state index in [1.54, 1.807) is 4.52 Å². The Morgan fingerprint density at radius 2 is 2.29 bits per heavy atom. The predicted octanol–water partition coefficient (Wildman–Crippen LogP) is 1.70. The number of aryl methyl sites for hydroxylation is 1. The quantitative estimate of drug-likeness (QED) is 0.757. The van der Waals surface area contributed by atoms with E-state index in [2.05, 4.69) is 10.1 Å². The molecule has 0 amide bonds. The van der Waals surface area contributed by atoms with Crippen LogP contribution in [0.25, 0.3) is 5.65 Å². The number of ether oxygens (including phenoxy) is 1. The van der Waals surface area contributed by atoms with Crippen LogP contribution in [-0.4, -0.2) is 27.7 Å². The normalized spacial score (nSPS) is 12.6. The molecule has 5 nitrogen and oxygen atoms in total. The number of pyridine rings is 1. The van der Waals surface area contributed by atoms with Crippen LogP contribution in [0.5, 0.6) is 0 Å². The molecule has 1 unspecified atom stereocenters. The van der Waals surface area contributed by atoms with Crippen LogP contribution < -0.4 is 0 Å². The molecule has 0 aliphatic carbocycles. The highest BCUT2D eigenvalue weighted by molar-refractivity contribution is 5.77. The summed E-state index contributed by atoms with van der Waals surface area (Å²) in [6.07, 6.45) is 0.628. The zero-order chi connectivity index (χ0) is 12.4. The van der Waals surface area contributed by atoms with Crippen molar-refractivity contribution in [1.82, 2.24) is 14.6 Å². The number of fused-ring (bicyclic) bond motifs is 1.